The molecule has 0 bridgehead atoms. The lowest BCUT2D eigenvalue weighted by atomic mass is 9.78. The molecule has 0 aromatic heterocycles. The largest absolute Gasteiger partial charge is 0.511 e. The fraction of sp³-hybridized carbons (Fsp3) is 0.250. The minimum Gasteiger partial charge on any atom is -0.445 e. The van der Waals surface area contributed by atoms with Crippen LogP contribution in [0.5, 0.6) is 0 Å². The van der Waals surface area contributed by atoms with Gasteiger partial charge in [0.15, 0.2) is 0 Å². The molecule has 0 spiro atoms. The molecule has 0 aliphatic rings. The van der Waals surface area contributed by atoms with Crippen LogP contribution in [0.3, 0.4) is 0 Å². The molecule has 72 valence electrons. The Morgan fingerprint density at radius 1 is 1.08 bits per heavy atom. The Morgan fingerprint density at radius 3 is 2.00 bits per heavy atom. The highest BCUT2D eigenvalue weighted by Gasteiger charge is 2.28. The molecular formula is C8H10BF3N-. The SMILES string of the molecule is CN(C)c1ccccc1[B-](F)(F)F. The maximum atomic E-state index is 12.4. The highest BCUT2D eigenvalue weighted by Crippen LogP contribution is 2.17. The van der Waals surface area contributed by atoms with Crippen molar-refractivity contribution in [1.29, 1.82) is 0 Å². The molecule has 1 rings (SSSR count). The van der Waals surface area contributed by atoms with Gasteiger partial charge in [-0.25, -0.2) is 0 Å². The van der Waals surface area contributed by atoms with E-state index in [2.05, 4.69) is 0 Å². The van der Waals surface area contributed by atoms with E-state index < -0.39 is 12.4 Å². The van der Waals surface area contributed by atoms with Crippen molar-refractivity contribution in [1.82, 2.24) is 0 Å². The predicted octanol–water partition coefficient (Wildman–Crippen LogP) is 1.81. The minimum absolute atomic E-state index is 0.218. The summed E-state index contributed by atoms with van der Waals surface area (Å²) in [7, 11) is 3.20. The summed E-state index contributed by atoms with van der Waals surface area (Å²) in [5, 5.41) is 0. The first kappa shape index (κ1) is 9.96. The number of halogens is 3. The molecule has 0 atom stereocenters. The van der Waals surface area contributed by atoms with E-state index >= 15 is 0 Å². The molecule has 13 heavy (non-hydrogen) atoms. The van der Waals surface area contributed by atoms with Gasteiger partial charge in [0.25, 0.3) is 0 Å². The van der Waals surface area contributed by atoms with E-state index in [1.807, 2.05) is 0 Å². The molecular weight excluding hydrogens is 178 g/mol. The van der Waals surface area contributed by atoms with Crippen LogP contribution in [0.4, 0.5) is 18.6 Å². The summed E-state index contributed by atoms with van der Waals surface area (Å²) in [6.07, 6.45) is 0. The standard InChI is InChI=1S/C8H10BF3N/c1-13(2)8-6-4-3-5-7(8)9(10,11)12/h3-6H,1-2H3/q-1. The smallest absolute Gasteiger partial charge is 0.445 e. The maximum absolute atomic E-state index is 12.4. The van der Waals surface area contributed by atoms with Crippen LogP contribution in [0.25, 0.3) is 0 Å². The Morgan fingerprint density at radius 2 is 1.62 bits per heavy atom. The van der Waals surface area contributed by atoms with Crippen LogP contribution < -0.4 is 10.4 Å². The second kappa shape index (κ2) is 3.32. The molecule has 0 saturated carbocycles. The second-order valence-electron chi connectivity index (χ2n) is 3.03. The minimum atomic E-state index is -4.91. The van der Waals surface area contributed by atoms with Crippen molar-refractivity contribution in [3.8, 4) is 0 Å². The van der Waals surface area contributed by atoms with E-state index in [4.69, 9.17) is 0 Å². The Balaban J connectivity index is 3.20. The highest BCUT2D eigenvalue weighted by atomic mass is 19.4. The maximum Gasteiger partial charge on any atom is 0.511 e. The summed E-state index contributed by atoms with van der Waals surface area (Å²) in [6, 6.07) is 5.57. The van der Waals surface area contributed by atoms with Gasteiger partial charge >= 0.3 is 6.98 Å². The van der Waals surface area contributed by atoms with E-state index in [-0.39, 0.29) is 5.69 Å². The number of hydrogen-bond donors (Lipinski definition) is 0. The Labute approximate surface area is 75.2 Å². The van der Waals surface area contributed by atoms with Gasteiger partial charge in [0.1, 0.15) is 0 Å². The first-order chi connectivity index (χ1) is 5.93. The summed E-state index contributed by atoms with van der Waals surface area (Å²) in [4.78, 5) is 1.46. The van der Waals surface area contributed by atoms with Crippen LogP contribution in [0.2, 0.25) is 0 Å². The van der Waals surface area contributed by atoms with E-state index in [0.29, 0.717) is 0 Å². The van der Waals surface area contributed by atoms with Crippen molar-refractivity contribution in [3.05, 3.63) is 24.3 Å². The number of benzene rings is 1. The molecule has 0 aliphatic heterocycles. The van der Waals surface area contributed by atoms with Gasteiger partial charge in [0.2, 0.25) is 0 Å². The van der Waals surface area contributed by atoms with E-state index in [1.54, 1.807) is 20.2 Å². The van der Waals surface area contributed by atoms with Crippen LogP contribution in [-0.2, 0) is 0 Å². The number of rotatable bonds is 2. The van der Waals surface area contributed by atoms with Gasteiger partial charge in [0, 0.05) is 19.8 Å². The van der Waals surface area contributed by atoms with Gasteiger partial charge in [-0.15, -0.1) is 0 Å². The molecule has 0 amide bonds. The zero-order chi connectivity index (χ0) is 10.1. The predicted molar refractivity (Wildman–Crippen MR) is 49.5 cm³/mol. The average Bonchev–Trinajstić information content (AvgIpc) is 2.03. The Hall–Kier alpha value is -1.13. The number of para-hydroxylation sites is 1. The summed E-state index contributed by atoms with van der Waals surface area (Å²) in [5.74, 6) is 0. The molecule has 5 heteroatoms. The van der Waals surface area contributed by atoms with Gasteiger partial charge in [-0.05, 0) is 6.07 Å². The van der Waals surface area contributed by atoms with Crippen LogP contribution in [0.15, 0.2) is 24.3 Å². The lowest BCUT2D eigenvalue weighted by Gasteiger charge is -2.23. The summed E-state index contributed by atoms with van der Waals surface area (Å²) in [6.45, 7) is -4.91. The molecule has 0 saturated heterocycles. The van der Waals surface area contributed by atoms with Crippen molar-refractivity contribution >= 4 is 18.1 Å². The second-order valence-corrected chi connectivity index (χ2v) is 3.03. The summed E-state index contributed by atoms with van der Waals surface area (Å²) < 4.78 is 37.3. The van der Waals surface area contributed by atoms with Gasteiger partial charge < -0.3 is 17.8 Å². The number of hydrogen-bond acceptors (Lipinski definition) is 1. The van der Waals surface area contributed by atoms with Crippen molar-refractivity contribution < 1.29 is 12.9 Å². The van der Waals surface area contributed by atoms with Crippen molar-refractivity contribution in [3.63, 3.8) is 0 Å². The van der Waals surface area contributed by atoms with Gasteiger partial charge in [-0.3, -0.25) is 0 Å². The highest BCUT2D eigenvalue weighted by molar-refractivity contribution is 6.75. The average molecular weight is 188 g/mol. The molecule has 0 radical (unpaired) electrons. The normalized spacial score (nSPS) is 11.5. The van der Waals surface area contributed by atoms with E-state index in [0.717, 1.165) is 6.07 Å². The van der Waals surface area contributed by atoms with Crippen molar-refractivity contribution in [2.45, 2.75) is 0 Å². The van der Waals surface area contributed by atoms with E-state index in [9.17, 15) is 12.9 Å². The van der Waals surface area contributed by atoms with Gasteiger partial charge in [-0.1, -0.05) is 23.7 Å². The third-order valence-corrected chi connectivity index (χ3v) is 1.77. The first-order valence-corrected chi connectivity index (χ1v) is 3.89. The van der Waals surface area contributed by atoms with E-state index in [1.165, 1.54) is 17.0 Å². The third kappa shape index (κ3) is 2.17. The van der Waals surface area contributed by atoms with Crippen molar-refractivity contribution in [2.24, 2.45) is 0 Å². The molecule has 0 fully saturated rings. The topological polar surface area (TPSA) is 3.24 Å². The monoisotopic (exact) mass is 188 g/mol. The van der Waals surface area contributed by atoms with Crippen LogP contribution in [0.1, 0.15) is 0 Å². The molecule has 0 unspecified atom stereocenters. The van der Waals surface area contributed by atoms with Crippen LogP contribution in [-0.4, -0.2) is 21.1 Å². The fourth-order valence-corrected chi connectivity index (χ4v) is 1.17. The summed E-state index contributed by atoms with van der Waals surface area (Å²) >= 11 is 0. The lowest BCUT2D eigenvalue weighted by molar-refractivity contribution is 0.501. The molecule has 1 nitrogen and oxygen atoms in total. The fourth-order valence-electron chi connectivity index (χ4n) is 1.17. The molecule has 0 heterocycles. The first-order valence-electron chi connectivity index (χ1n) is 3.89. The summed E-state index contributed by atoms with van der Waals surface area (Å²) in [5.41, 5.74) is -0.317. The molecule has 1 aromatic carbocycles. The Kier molecular flexibility index (Phi) is 2.54. The molecule has 0 aliphatic carbocycles. The quantitative estimate of drug-likeness (QED) is 0.639. The van der Waals surface area contributed by atoms with Gasteiger partial charge in [-0.2, -0.15) is 0 Å². The zero-order valence-corrected chi connectivity index (χ0v) is 7.47. The molecule has 1 aromatic rings. The lowest BCUT2D eigenvalue weighted by Crippen LogP contribution is -2.37. The third-order valence-electron chi connectivity index (χ3n) is 1.77. The van der Waals surface area contributed by atoms with Gasteiger partial charge in [0.05, 0.1) is 0 Å². The number of nitrogens with zero attached hydrogens (tertiary/aromatic N) is 1. The Bertz CT molecular complexity index is 296. The van der Waals surface area contributed by atoms with Crippen LogP contribution >= 0.6 is 0 Å². The van der Waals surface area contributed by atoms with Crippen molar-refractivity contribution in [2.75, 3.05) is 19.0 Å². The molecule has 0 N–H and O–H groups in total. The van der Waals surface area contributed by atoms with Crippen LogP contribution in [0, 0.1) is 0 Å². The number of anilines is 1. The zero-order valence-electron chi connectivity index (χ0n) is 7.47.